The zero-order chi connectivity index (χ0) is 16.8. The summed E-state index contributed by atoms with van der Waals surface area (Å²) in [5.74, 6) is 0. The van der Waals surface area contributed by atoms with E-state index in [2.05, 4.69) is 107 Å². The van der Waals surface area contributed by atoms with Crippen LogP contribution in [0.5, 0.6) is 0 Å². The van der Waals surface area contributed by atoms with E-state index >= 15 is 0 Å². The second-order valence-corrected chi connectivity index (χ2v) is 25.5. The number of anilines is 1. The molecule has 0 amide bonds. The highest BCUT2D eigenvalue weighted by molar-refractivity contribution is 9.11. The molecule has 0 radical (unpaired) electrons. The summed E-state index contributed by atoms with van der Waals surface area (Å²) >= 11 is 7.56. The van der Waals surface area contributed by atoms with Gasteiger partial charge >= 0.3 is 0 Å². The molecule has 0 aliphatic carbocycles. The first-order valence-electron chi connectivity index (χ1n) is 7.45. The fourth-order valence-corrected chi connectivity index (χ4v) is 16.8. The maximum Gasteiger partial charge on any atom is 0.138 e. The van der Waals surface area contributed by atoms with Crippen LogP contribution in [0.4, 0.5) is 5.69 Å². The molecule has 21 heavy (non-hydrogen) atoms. The van der Waals surface area contributed by atoms with Crippen molar-refractivity contribution in [1.82, 2.24) is 0 Å². The topological polar surface area (TPSA) is 3.24 Å². The Morgan fingerprint density at radius 2 is 1.19 bits per heavy atom. The molecule has 1 rings (SSSR count). The highest BCUT2D eigenvalue weighted by atomic mass is 79.9. The maximum atomic E-state index is 3.87. The minimum absolute atomic E-state index is 1.18. The molecular weight excluding hydrogens is 438 g/mol. The fraction of sp³-hybridized carbons (Fsp3) is 0.600. The molecule has 0 unspecified atom stereocenters. The Bertz CT molecular complexity index is 511. The molecule has 0 fully saturated rings. The number of hydrogen-bond donors (Lipinski definition) is 0. The van der Waals surface area contributed by atoms with E-state index in [4.69, 9.17) is 0 Å². The van der Waals surface area contributed by atoms with E-state index in [1.165, 1.54) is 14.6 Å². The SMILES string of the molecule is C[Si](C)(C)c1cc(Br)cc(Br)c1N([Si](C)(C)C)[Si](C)(C)C. The highest BCUT2D eigenvalue weighted by Gasteiger charge is 2.38. The Labute approximate surface area is 151 Å². The summed E-state index contributed by atoms with van der Waals surface area (Å²) in [7, 11) is -4.32. The van der Waals surface area contributed by atoms with Gasteiger partial charge in [0.1, 0.15) is 16.5 Å². The quantitative estimate of drug-likeness (QED) is 0.475. The summed E-state index contributed by atoms with van der Waals surface area (Å²) in [6.07, 6.45) is 0. The molecule has 1 aromatic rings. The van der Waals surface area contributed by atoms with Gasteiger partial charge in [0.2, 0.25) is 0 Å². The van der Waals surface area contributed by atoms with Crippen molar-refractivity contribution in [3.05, 3.63) is 21.1 Å². The predicted octanol–water partition coefficient (Wildman–Crippen LogP) is 6.23. The van der Waals surface area contributed by atoms with Crippen molar-refractivity contribution in [3.63, 3.8) is 0 Å². The molecule has 0 aromatic heterocycles. The molecule has 0 N–H and O–H groups in total. The molecule has 0 aliphatic heterocycles. The number of hydrogen-bond acceptors (Lipinski definition) is 1. The van der Waals surface area contributed by atoms with Crippen molar-refractivity contribution in [2.24, 2.45) is 0 Å². The number of nitrogens with zero attached hydrogens (tertiary/aromatic N) is 1. The largest absolute Gasteiger partial charge is 0.424 e. The van der Waals surface area contributed by atoms with Gasteiger partial charge in [0, 0.05) is 14.6 Å². The molecule has 0 saturated carbocycles. The Kier molecular flexibility index (Phi) is 5.87. The van der Waals surface area contributed by atoms with Crippen LogP contribution in [0.1, 0.15) is 0 Å². The first-order chi connectivity index (χ1) is 9.15. The lowest BCUT2D eigenvalue weighted by molar-refractivity contribution is 1.34. The van der Waals surface area contributed by atoms with Gasteiger partial charge in [-0.1, -0.05) is 74.9 Å². The Morgan fingerprint density at radius 3 is 1.52 bits per heavy atom. The average molecular weight is 467 g/mol. The van der Waals surface area contributed by atoms with Gasteiger partial charge in [-0.25, -0.2) is 0 Å². The van der Waals surface area contributed by atoms with E-state index in [-0.39, 0.29) is 0 Å². The summed E-state index contributed by atoms with van der Waals surface area (Å²) in [5.41, 5.74) is 1.48. The van der Waals surface area contributed by atoms with E-state index in [0.29, 0.717) is 0 Å². The van der Waals surface area contributed by atoms with Gasteiger partial charge in [0.15, 0.2) is 0 Å². The van der Waals surface area contributed by atoms with Crippen molar-refractivity contribution in [2.75, 3.05) is 4.23 Å². The lowest BCUT2D eigenvalue weighted by Gasteiger charge is -2.48. The van der Waals surface area contributed by atoms with Crippen LogP contribution in [0.15, 0.2) is 21.1 Å². The molecule has 6 heteroatoms. The third-order valence-electron chi connectivity index (χ3n) is 3.40. The molecule has 0 atom stereocenters. The van der Waals surface area contributed by atoms with E-state index in [0.717, 1.165) is 0 Å². The summed E-state index contributed by atoms with van der Waals surface area (Å²) in [5, 5.41) is 1.56. The van der Waals surface area contributed by atoms with Gasteiger partial charge in [-0.15, -0.1) is 0 Å². The van der Waals surface area contributed by atoms with Gasteiger partial charge in [-0.3, -0.25) is 0 Å². The van der Waals surface area contributed by atoms with Gasteiger partial charge in [0.05, 0.1) is 8.07 Å². The van der Waals surface area contributed by atoms with Crippen LogP contribution in [0.2, 0.25) is 58.9 Å². The third-order valence-corrected chi connectivity index (χ3v) is 13.6. The molecule has 1 nitrogen and oxygen atoms in total. The minimum Gasteiger partial charge on any atom is -0.424 e. The van der Waals surface area contributed by atoms with Crippen molar-refractivity contribution >= 4 is 67.3 Å². The van der Waals surface area contributed by atoms with Gasteiger partial charge in [0.25, 0.3) is 0 Å². The molecule has 0 bridgehead atoms. The number of halogens is 2. The Balaban J connectivity index is 3.75. The van der Waals surface area contributed by atoms with E-state index in [9.17, 15) is 0 Å². The zero-order valence-corrected chi connectivity index (χ0v) is 21.0. The number of rotatable bonds is 4. The van der Waals surface area contributed by atoms with Crippen molar-refractivity contribution in [1.29, 1.82) is 0 Å². The normalized spacial score (nSPS) is 13.5. The van der Waals surface area contributed by atoms with Crippen LogP contribution in [0, 0.1) is 0 Å². The van der Waals surface area contributed by atoms with Crippen LogP contribution in [-0.2, 0) is 0 Å². The predicted molar refractivity (Wildman–Crippen MR) is 114 cm³/mol. The fourth-order valence-electron chi connectivity index (χ4n) is 3.04. The second kappa shape index (κ2) is 6.26. The second-order valence-electron chi connectivity index (χ2n) is 8.71. The monoisotopic (exact) mass is 465 g/mol. The number of benzene rings is 1. The Morgan fingerprint density at radius 1 is 0.762 bits per heavy atom. The van der Waals surface area contributed by atoms with Crippen molar-refractivity contribution in [3.8, 4) is 0 Å². The van der Waals surface area contributed by atoms with E-state index in [1.54, 1.807) is 5.19 Å². The smallest absolute Gasteiger partial charge is 0.138 e. The maximum absolute atomic E-state index is 3.87. The summed E-state index contributed by atoms with van der Waals surface area (Å²) < 4.78 is 5.27. The van der Waals surface area contributed by atoms with E-state index < -0.39 is 24.5 Å². The lowest BCUT2D eigenvalue weighted by Crippen LogP contribution is -2.62. The van der Waals surface area contributed by atoms with Crippen molar-refractivity contribution < 1.29 is 0 Å². The minimum atomic E-state index is -1.45. The molecule has 1 aromatic carbocycles. The zero-order valence-electron chi connectivity index (χ0n) is 14.9. The van der Waals surface area contributed by atoms with Crippen LogP contribution >= 0.6 is 31.9 Å². The van der Waals surface area contributed by atoms with Crippen molar-refractivity contribution in [2.45, 2.75) is 58.9 Å². The van der Waals surface area contributed by atoms with Crippen LogP contribution in [0.3, 0.4) is 0 Å². The molecular formula is C15H29Br2NSi3. The first kappa shape index (κ1) is 19.7. The van der Waals surface area contributed by atoms with Gasteiger partial charge < -0.3 is 4.23 Å². The van der Waals surface area contributed by atoms with Crippen LogP contribution in [-0.4, -0.2) is 24.5 Å². The van der Waals surface area contributed by atoms with Crippen LogP contribution < -0.4 is 9.42 Å². The molecule has 0 aliphatic rings. The molecule has 0 heterocycles. The van der Waals surface area contributed by atoms with Gasteiger partial charge in [-0.05, 0) is 33.2 Å². The highest BCUT2D eigenvalue weighted by Crippen LogP contribution is 2.36. The molecule has 0 saturated heterocycles. The summed E-state index contributed by atoms with van der Waals surface area (Å²) in [6.45, 7) is 22.1. The summed E-state index contributed by atoms with van der Waals surface area (Å²) in [4.78, 5) is 0. The Hall–Kier alpha value is 0.631. The van der Waals surface area contributed by atoms with E-state index in [1.807, 2.05) is 0 Å². The average Bonchev–Trinajstić information content (AvgIpc) is 2.15. The summed E-state index contributed by atoms with van der Waals surface area (Å²) in [6, 6.07) is 4.58. The first-order valence-corrected chi connectivity index (χ1v) is 19.4. The molecule has 0 spiro atoms. The van der Waals surface area contributed by atoms with Gasteiger partial charge in [-0.2, -0.15) is 0 Å². The van der Waals surface area contributed by atoms with Crippen LogP contribution in [0.25, 0.3) is 0 Å². The standard InChI is InChI=1S/C15H29Br2NSi3/c1-19(2,3)14-11-12(16)10-13(17)15(14)18(20(4,5)6)21(7,8)9/h10-11H,1-9H3. The lowest BCUT2D eigenvalue weighted by atomic mass is 10.3. The third kappa shape index (κ3) is 4.80. The molecule has 120 valence electrons.